The van der Waals surface area contributed by atoms with Crippen LogP contribution in [0.2, 0.25) is 0 Å². The Balaban J connectivity index is 1.77. The number of carbonyl (C=O) groups is 1. The maximum absolute atomic E-state index is 11.2. The first-order valence-electron chi connectivity index (χ1n) is 7.16. The molecule has 0 bridgehead atoms. The highest BCUT2D eigenvalue weighted by atomic mass is 16.3. The van der Waals surface area contributed by atoms with Crippen molar-refractivity contribution in [3.8, 4) is 0 Å². The van der Waals surface area contributed by atoms with E-state index in [0.717, 1.165) is 17.8 Å². The van der Waals surface area contributed by atoms with Gasteiger partial charge in [0.15, 0.2) is 0 Å². The van der Waals surface area contributed by atoms with Crippen LogP contribution in [0.1, 0.15) is 37.1 Å². The predicted octanol–water partition coefficient (Wildman–Crippen LogP) is 2.67. The van der Waals surface area contributed by atoms with Gasteiger partial charge in [-0.25, -0.2) is 0 Å². The average molecular weight is 272 g/mol. The lowest BCUT2D eigenvalue weighted by Gasteiger charge is -2.26. The number of benzene rings is 1. The topological polar surface area (TPSA) is 54.3 Å². The van der Waals surface area contributed by atoms with Crippen LogP contribution in [-0.4, -0.2) is 18.5 Å². The van der Waals surface area contributed by atoms with Crippen LogP contribution >= 0.6 is 0 Å². The molecule has 4 nitrogen and oxygen atoms in total. The van der Waals surface area contributed by atoms with Gasteiger partial charge in [0.1, 0.15) is 11.3 Å². The lowest BCUT2D eigenvalue weighted by Crippen LogP contribution is -2.46. The van der Waals surface area contributed by atoms with Gasteiger partial charge in [0.25, 0.3) is 0 Å². The molecule has 20 heavy (non-hydrogen) atoms. The summed E-state index contributed by atoms with van der Waals surface area (Å²) >= 11 is 0. The van der Waals surface area contributed by atoms with Crippen molar-refractivity contribution in [2.24, 2.45) is 0 Å². The molecule has 1 aromatic carbocycles. The summed E-state index contributed by atoms with van der Waals surface area (Å²) in [6.45, 7) is 4.91. The minimum atomic E-state index is 0.141. The number of fused-ring (bicyclic) bond motifs is 1. The second-order valence-corrected chi connectivity index (χ2v) is 5.52. The van der Waals surface area contributed by atoms with E-state index >= 15 is 0 Å². The number of rotatable bonds is 3. The van der Waals surface area contributed by atoms with Gasteiger partial charge in [0, 0.05) is 24.4 Å². The Morgan fingerprint density at radius 1 is 1.40 bits per heavy atom. The number of hydrogen-bond donors (Lipinski definition) is 2. The Bertz CT molecular complexity index is 622. The summed E-state index contributed by atoms with van der Waals surface area (Å²) in [7, 11) is 0. The highest BCUT2D eigenvalue weighted by molar-refractivity contribution is 5.82. The Hall–Kier alpha value is -1.81. The molecule has 2 atom stereocenters. The minimum absolute atomic E-state index is 0.141. The molecular formula is C16H20N2O2. The second-order valence-electron chi connectivity index (χ2n) is 5.52. The van der Waals surface area contributed by atoms with Gasteiger partial charge in [-0.2, -0.15) is 0 Å². The smallest absolute Gasteiger partial charge is 0.220 e. The molecule has 4 heteroatoms. The van der Waals surface area contributed by atoms with Crippen molar-refractivity contribution in [2.75, 3.05) is 6.54 Å². The third-order valence-corrected chi connectivity index (χ3v) is 4.03. The summed E-state index contributed by atoms with van der Waals surface area (Å²) in [5, 5.41) is 7.62. The van der Waals surface area contributed by atoms with Crippen molar-refractivity contribution < 1.29 is 9.21 Å². The van der Waals surface area contributed by atoms with Gasteiger partial charge >= 0.3 is 0 Å². The normalized spacial score (nSPS) is 20.9. The van der Waals surface area contributed by atoms with Gasteiger partial charge in [0.2, 0.25) is 5.91 Å². The molecule has 2 aromatic rings. The summed E-state index contributed by atoms with van der Waals surface area (Å²) in [6, 6.07) is 8.57. The molecule has 1 saturated heterocycles. The second kappa shape index (κ2) is 5.29. The maximum atomic E-state index is 11.2. The number of amides is 1. The van der Waals surface area contributed by atoms with E-state index in [9.17, 15) is 4.79 Å². The fourth-order valence-corrected chi connectivity index (χ4v) is 2.91. The molecule has 0 aliphatic carbocycles. The number of piperidine rings is 1. The van der Waals surface area contributed by atoms with Crippen LogP contribution in [0.25, 0.3) is 11.0 Å². The number of aryl methyl sites for hydroxylation is 1. The zero-order valence-corrected chi connectivity index (χ0v) is 11.9. The van der Waals surface area contributed by atoms with E-state index in [1.165, 1.54) is 10.9 Å². The SMILES string of the molecule is Cc1c(C(C)NC2CCC(=O)NC2)oc2ccccc12. The van der Waals surface area contributed by atoms with Crippen LogP contribution in [0.4, 0.5) is 0 Å². The molecule has 2 unspecified atom stereocenters. The Kier molecular flexibility index (Phi) is 3.49. The largest absolute Gasteiger partial charge is 0.459 e. The van der Waals surface area contributed by atoms with Crippen molar-refractivity contribution in [1.82, 2.24) is 10.6 Å². The molecule has 1 amide bonds. The first-order valence-corrected chi connectivity index (χ1v) is 7.16. The molecule has 1 aromatic heterocycles. The van der Waals surface area contributed by atoms with Crippen molar-refractivity contribution in [1.29, 1.82) is 0 Å². The lowest BCUT2D eigenvalue weighted by molar-refractivity contribution is -0.122. The van der Waals surface area contributed by atoms with E-state index in [1.54, 1.807) is 0 Å². The van der Waals surface area contributed by atoms with Crippen molar-refractivity contribution >= 4 is 16.9 Å². The molecule has 3 rings (SSSR count). The standard InChI is InChI=1S/C16H20N2O2/c1-10-13-5-3-4-6-14(13)20-16(10)11(2)18-12-7-8-15(19)17-9-12/h3-6,11-12,18H,7-9H2,1-2H3,(H,17,19). The summed E-state index contributed by atoms with van der Waals surface area (Å²) in [5.41, 5.74) is 2.13. The quantitative estimate of drug-likeness (QED) is 0.903. The fourth-order valence-electron chi connectivity index (χ4n) is 2.91. The minimum Gasteiger partial charge on any atom is -0.459 e. The van der Waals surface area contributed by atoms with E-state index in [4.69, 9.17) is 4.42 Å². The van der Waals surface area contributed by atoms with Crippen LogP contribution in [0.15, 0.2) is 28.7 Å². The maximum Gasteiger partial charge on any atom is 0.220 e. The Morgan fingerprint density at radius 3 is 2.90 bits per heavy atom. The van der Waals surface area contributed by atoms with Crippen molar-refractivity contribution in [3.05, 3.63) is 35.6 Å². The molecule has 1 aliphatic heterocycles. The number of nitrogens with one attached hydrogen (secondary N) is 2. The van der Waals surface area contributed by atoms with Crippen molar-refractivity contribution in [3.63, 3.8) is 0 Å². The van der Waals surface area contributed by atoms with Gasteiger partial charge in [-0.15, -0.1) is 0 Å². The zero-order chi connectivity index (χ0) is 14.1. The van der Waals surface area contributed by atoms with E-state index in [0.29, 0.717) is 19.0 Å². The molecule has 0 saturated carbocycles. The number of para-hydroxylation sites is 1. The van der Waals surface area contributed by atoms with Gasteiger partial charge in [-0.05, 0) is 31.9 Å². The van der Waals surface area contributed by atoms with Crippen LogP contribution in [0.5, 0.6) is 0 Å². The molecule has 1 fully saturated rings. The van der Waals surface area contributed by atoms with E-state index in [2.05, 4.69) is 30.5 Å². The van der Waals surface area contributed by atoms with Gasteiger partial charge in [-0.3, -0.25) is 4.79 Å². The van der Waals surface area contributed by atoms with Gasteiger partial charge < -0.3 is 15.1 Å². The summed E-state index contributed by atoms with van der Waals surface area (Å²) in [6.07, 6.45) is 1.49. The number of furan rings is 1. The molecule has 2 heterocycles. The highest BCUT2D eigenvalue weighted by Gasteiger charge is 2.22. The van der Waals surface area contributed by atoms with Crippen LogP contribution in [0.3, 0.4) is 0 Å². The van der Waals surface area contributed by atoms with Crippen molar-refractivity contribution in [2.45, 2.75) is 38.8 Å². The van der Waals surface area contributed by atoms with Crippen LogP contribution < -0.4 is 10.6 Å². The molecule has 106 valence electrons. The zero-order valence-electron chi connectivity index (χ0n) is 11.9. The molecule has 1 aliphatic rings. The summed E-state index contributed by atoms with van der Waals surface area (Å²) in [5.74, 6) is 1.14. The van der Waals surface area contributed by atoms with E-state index in [-0.39, 0.29) is 11.9 Å². The van der Waals surface area contributed by atoms with Crippen LogP contribution in [0, 0.1) is 6.92 Å². The van der Waals surface area contributed by atoms with Gasteiger partial charge in [-0.1, -0.05) is 18.2 Å². The monoisotopic (exact) mass is 272 g/mol. The summed E-state index contributed by atoms with van der Waals surface area (Å²) < 4.78 is 5.97. The first-order chi connectivity index (χ1) is 9.65. The molecule has 0 radical (unpaired) electrons. The number of hydrogen-bond acceptors (Lipinski definition) is 3. The Morgan fingerprint density at radius 2 is 2.20 bits per heavy atom. The summed E-state index contributed by atoms with van der Waals surface area (Å²) in [4.78, 5) is 11.2. The van der Waals surface area contributed by atoms with E-state index < -0.39 is 0 Å². The van der Waals surface area contributed by atoms with Gasteiger partial charge in [0.05, 0.1) is 6.04 Å². The number of carbonyl (C=O) groups excluding carboxylic acids is 1. The Labute approximate surface area is 118 Å². The average Bonchev–Trinajstić information content (AvgIpc) is 2.79. The first kappa shape index (κ1) is 13.2. The molecule has 2 N–H and O–H groups in total. The lowest BCUT2D eigenvalue weighted by atomic mass is 10.0. The third kappa shape index (κ3) is 2.43. The molecular weight excluding hydrogens is 252 g/mol. The fraction of sp³-hybridized carbons (Fsp3) is 0.438. The third-order valence-electron chi connectivity index (χ3n) is 4.03. The van der Waals surface area contributed by atoms with Crippen LogP contribution in [-0.2, 0) is 4.79 Å². The highest BCUT2D eigenvalue weighted by Crippen LogP contribution is 2.29. The molecule has 0 spiro atoms. The van der Waals surface area contributed by atoms with E-state index in [1.807, 2.05) is 18.2 Å². The predicted molar refractivity (Wildman–Crippen MR) is 78.5 cm³/mol.